The SMILES string of the molecule is CCCn1ccnc1C(CCCc1ccccc1)NC. The molecular weight excluding hydrogens is 246 g/mol. The molecule has 2 rings (SSSR count). The number of aryl methyl sites for hydroxylation is 2. The van der Waals surface area contributed by atoms with Gasteiger partial charge in [0, 0.05) is 18.9 Å². The first kappa shape index (κ1) is 14.8. The summed E-state index contributed by atoms with van der Waals surface area (Å²) in [6.07, 6.45) is 8.56. The van der Waals surface area contributed by atoms with Gasteiger partial charge in [-0.15, -0.1) is 0 Å². The molecule has 1 atom stereocenters. The lowest BCUT2D eigenvalue weighted by atomic mass is 10.0. The normalized spacial score (nSPS) is 12.5. The molecule has 0 radical (unpaired) electrons. The van der Waals surface area contributed by atoms with Crippen LogP contribution in [0.1, 0.15) is 43.6 Å². The Morgan fingerprint density at radius 2 is 2.05 bits per heavy atom. The minimum atomic E-state index is 0.347. The Bertz CT molecular complexity index is 490. The number of hydrogen-bond acceptors (Lipinski definition) is 2. The highest BCUT2D eigenvalue weighted by Gasteiger charge is 2.14. The summed E-state index contributed by atoms with van der Waals surface area (Å²) in [4.78, 5) is 4.53. The molecule has 0 saturated carbocycles. The summed E-state index contributed by atoms with van der Waals surface area (Å²) >= 11 is 0. The van der Waals surface area contributed by atoms with Gasteiger partial charge in [-0.25, -0.2) is 4.98 Å². The van der Waals surface area contributed by atoms with Gasteiger partial charge < -0.3 is 9.88 Å². The fraction of sp³-hybridized carbons (Fsp3) is 0.471. The molecule has 0 bridgehead atoms. The highest BCUT2D eigenvalue weighted by molar-refractivity contribution is 5.14. The molecule has 1 N–H and O–H groups in total. The van der Waals surface area contributed by atoms with Crippen molar-refractivity contribution in [1.82, 2.24) is 14.9 Å². The Kier molecular flexibility index (Phi) is 5.81. The summed E-state index contributed by atoms with van der Waals surface area (Å²) < 4.78 is 2.27. The lowest BCUT2D eigenvalue weighted by molar-refractivity contribution is 0.473. The van der Waals surface area contributed by atoms with Crippen LogP contribution < -0.4 is 5.32 Å². The van der Waals surface area contributed by atoms with Crippen LogP contribution in [-0.4, -0.2) is 16.6 Å². The van der Waals surface area contributed by atoms with Crippen molar-refractivity contribution in [2.45, 2.75) is 45.2 Å². The monoisotopic (exact) mass is 271 g/mol. The predicted octanol–water partition coefficient (Wildman–Crippen LogP) is 3.58. The molecule has 1 unspecified atom stereocenters. The number of nitrogens with one attached hydrogen (secondary N) is 1. The van der Waals surface area contributed by atoms with E-state index >= 15 is 0 Å². The molecule has 0 amide bonds. The second-order valence-electron chi connectivity index (χ2n) is 5.20. The van der Waals surface area contributed by atoms with E-state index in [4.69, 9.17) is 0 Å². The van der Waals surface area contributed by atoms with Crippen LogP contribution >= 0.6 is 0 Å². The van der Waals surface area contributed by atoms with Crippen LogP contribution in [0.3, 0.4) is 0 Å². The van der Waals surface area contributed by atoms with Gasteiger partial charge in [-0.05, 0) is 38.3 Å². The molecule has 2 aromatic rings. The Labute approximate surface area is 122 Å². The highest BCUT2D eigenvalue weighted by atomic mass is 15.1. The maximum atomic E-state index is 4.53. The summed E-state index contributed by atoms with van der Waals surface area (Å²) in [5.41, 5.74) is 1.42. The molecular formula is C17H25N3. The molecule has 1 aromatic heterocycles. The molecule has 3 nitrogen and oxygen atoms in total. The van der Waals surface area contributed by atoms with Gasteiger partial charge in [0.15, 0.2) is 0 Å². The summed E-state index contributed by atoms with van der Waals surface area (Å²) in [6, 6.07) is 11.0. The Morgan fingerprint density at radius 3 is 2.75 bits per heavy atom. The van der Waals surface area contributed by atoms with Crippen molar-refractivity contribution in [2.24, 2.45) is 0 Å². The second kappa shape index (κ2) is 7.85. The smallest absolute Gasteiger partial charge is 0.125 e. The zero-order valence-corrected chi connectivity index (χ0v) is 12.5. The third-order valence-corrected chi connectivity index (χ3v) is 3.67. The van der Waals surface area contributed by atoms with E-state index in [1.165, 1.54) is 17.8 Å². The third kappa shape index (κ3) is 3.94. The van der Waals surface area contributed by atoms with E-state index in [0.29, 0.717) is 6.04 Å². The molecule has 0 fully saturated rings. The van der Waals surface area contributed by atoms with Crippen LogP contribution in [0.15, 0.2) is 42.7 Å². The van der Waals surface area contributed by atoms with Crippen molar-refractivity contribution in [1.29, 1.82) is 0 Å². The quantitative estimate of drug-likeness (QED) is 0.795. The highest BCUT2D eigenvalue weighted by Crippen LogP contribution is 2.18. The summed E-state index contributed by atoms with van der Waals surface area (Å²) in [6.45, 7) is 3.25. The zero-order chi connectivity index (χ0) is 14.2. The number of benzene rings is 1. The van der Waals surface area contributed by atoms with Crippen LogP contribution in [0, 0.1) is 0 Å². The van der Waals surface area contributed by atoms with E-state index in [0.717, 1.165) is 25.8 Å². The average Bonchev–Trinajstić information content (AvgIpc) is 2.93. The molecule has 108 valence electrons. The Hall–Kier alpha value is -1.61. The molecule has 0 spiro atoms. The topological polar surface area (TPSA) is 29.9 Å². The summed E-state index contributed by atoms with van der Waals surface area (Å²) in [5, 5.41) is 3.41. The Balaban J connectivity index is 1.90. The van der Waals surface area contributed by atoms with Gasteiger partial charge in [0.25, 0.3) is 0 Å². The first-order valence-electron chi connectivity index (χ1n) is 7.57. The predicted molar refractivity (Wildman–Crippen MR) is 83.7 cm³/mol. The van der Waals surface area contributed by atoms with Crippen LogP contribution in [-0.2, 0) is 13.0 Å². The van der Waals surface area contributed by atoms with Gasteiger partial charge in [-0.1, -0.05) is 37.3 Å². The fourth-order valence-electron chi connectivity index (χ4n) is 2.62. The van der Waals surface area contributed by atoms with Gasteiger partial charge in [-0.2, -0.15) is 0 Å². The van der Waals surface area contributed by atoms with Crippen LogP contribution in [0.2, 0.25) is 0 Å². The van der Waals surface area contributed by atoms with Crippen molar-refractivity contribution >= 4 is 0 Å². The van der Waals surface area contributed by atoms with E-state index in [1.807, 2.05) is 13.2 Å². The first-order chi connectivity index (χ1) is 9.85. The van der Waals surface area contributed by atoms with Crippen molar-refractivity contribution in [3.63, 3.8) is 0 Å². The van der Waals surface area contributed by atoms with Gasteiger partial charge in [0.05, 0.1) is 6.04 Å². The number of rotatable bonds is 8. The fourth-order valence-corrected chi connectivity index (χ4v) is 2.62. The molecule has 3 heteroatoms. The van der Waals surface area contributed by atoms with E-state index in [1.54, 1.807) is 0 Å². The lowest BCUT2D eigenvalue weighted by Gasteiger charge is -2.17. The maximum Gasteiger partial charge on any atom is 0.125 e. The van der Waals surface area contributed by atoms with Crippen molar-refractivity contribution in [3.8, 4) is 0 Å². The Morgan fingerprint density at radius 1 is 1.25 bits per heavy atom. The average molecular weight is 271 g/mol. The van der Waals surface area contributed by atoms with Gasteiger partial charge in [0.2, 0.25) is 0 Å². The zero-order valence-electron chi connectivity index (χ0n) is 12.5. The van der Waals surface area contributed by atoms with Crippen LogP contribution in [0.25, 0.3) is 0 Å². The lowest BCUT2D eigenvalue weighted by Crippen LogP contribution is -2.21. The molecule has 20 heavy (non-hydrogen) atoms. The summed E-state index contributed by atoms with van der Waals surface area (Å²) in [7, 11) is 2.03. The molecule has 1 aromatic carbocycles. The van der Waals surface area contributed by atoms with Crippen LogP contribution in [0.4, 0.5) is 0 Å². The van der Waals surface area contributed by atoms with Crippen molar-refractivity contribution in [3.05, 3.63) is 54.1 Å². The van der Waals surface area contributed by atoms with E-state index in [2.05, 4.69) is 58.3 Å². The molecule has 0 aliphatic carbocycles. The van der Waals surface area contributed by atoms with E-state index < -0.39 is 0 Å². The summed E-state index contributed by atoms with van der Waals surface area (Å²) in [5.74, 6) is 1.17. The van der Waals surface area contributed by atoms with E-state index in [-0.39, 0.29) is 0 Å². The standard InChI is InChI=1S/C17H25N3/c1-3-13-20-14-12-19-17(20)16(18-2)11-7-10-15-8-5-4-6-9-15/h4-6,8-9,12,14,16,18H,3,7,10-11,13H2,1-2H3. The number of aromatic nitrogens is 2. The maximum absolute atomic E-state index is 4.53. The number of imidazole rings is 1. The minimum absolute atomic E-state index is 0.347. The largest absolute Gasteiger partial charge is 0.334 e. The first-order valence-corrected chi connectivity index (χ1v) is 7.57. The molecule has 1 heterocycles. The number of nitrogens with zero attached hydrogens (tertiary/aromatic N) is 2. The molecule has 0 aliphatic heterocycles. The van der Waals surface area contributed by atoms with Crippen molar-refractivity contribution in [2.75, 3.05) is 7.05 Å². The number of hydrogen-bond donors (Lipinski definition) is 1. The molecule has 0 saturated heterocycles. The van der Waals surface area contributed by atoms with E-state index in [9.17, 15) is 0 Å². The van der Waals surface area contributed by atoms with Crippen LogP contribution in [0.5, 0.6) is 0 Å². The third-order valence-electron chi connectivity index (χ3n) is 3.67. The minimum Gasteiger partial charge on any atom is -0.334 e. The van der Waals surface area contributed by atoms with Gasteiger partial charge in [0.1, 0.15) is 5.82 Å². The van der Waals surface area contributed by atoms with Gasteiger partial charge >= 0.3 is 0 Å². The van der Waals surface area contributed by atoms with Gasteiger partial charge in [-0.3, -0.25) is 0 Å². The second-order valence-corrected chi connectivity index (χ2v) is 5.20. The molecule has 0 aliphatic rings. The van der Waals surface area contributed by atoms with Crippen molar-refractivity contribution < 1.29 is 0 Å².